The number of anilines is 3. The molecule has 0 radical (unpaired) electrons. The Morgan fingerprint density at radius 2 is 0.788 bits per heavy atom. The minimum absolute atomic E-state index is 0.0281. The van der Waals surface area contributed by atoms with Gasteiger partial charge in [0.25, 0.3) is 0 Å². The van der Waals surface area contributed by atoms with E-state index in [4.69, 9.17) is 0 Å². The number of fused-ring (bicyclic) bond motifs is 3. The minimum atomic E-state index is -0.0664. The van der Waals surface area contributed by atoms with Crippen molar-refractivity contribution in [3.8, 4) is 27.9 Å². The summed E-state index contributed by atoms with van der Waals surface area (Å²) in [5, 5.41) is 10.1. The van der Waals surface area contributed by atoms with Gasteiger partial charge < -0.3 is 9.47 Å². The first-order valence-electron chi connectivity index (χ1n) is 23.6. The summed E-state index contributed by atoms with van der Waals surface area (Å²) in [6.45, 7) is 20.8. The molecular weight excluding hydrogens is 797 g/mol. The molecule has 0 amide bonds. The molecule has 2 heteroatoms. The molecule has 324 valence electrons. The number of nitrogens with zero attached hydrogens (tertiary/aromatic N) is 2. The zero-order valence-electron chi connectivity index (χ0n) is 39.8. The maximum Gasteiger partial charge on any atom is 0.0543 e. The lowest BCUT2D eigenvalue weighted by molar-refractivity contribution is 0.590. The van der Waals surface area contributed by atoms with Crippen LogP contribution in [0.2, 0.25) is 0 Å². The van der Waals surface area contributed by atoms with E-state index in [1.807, 2.05) is 0 Å². The predicted molar refractivity (Wildman–Crippen MR) is 286 cm³/mol. The van der Waals surface area contributed by atoms with Gasteiger partial charge in [-0.1, -0.05) is 202 Å². The van der Waals surface area contributed by atoms with Gasteiger partial charge in [0.2, 0.25) is 0 Å². The summed E-state index contributed by atoms with van der Waals surface area (Å²) >= 11 is 0. The first-order chi connectivity index (χ1) is 31.6. The summed E-state index contributed by atoms with van der Waals surface area (Å²) in [6, 6.07) is 70.9. The topological polar surface area (TPSA) is 8.17 Å². The molecule has 10 aromatic carbocycles. The molecule has 0 aliphatic rings. The van der Waals surface area contributed by atoms with Crippen molar-refractivity contribution in [3.63, 3.8) is 0 Å². The highest BCUT2D eigenvalue weighted by atomic mass is 15.1. The van der Waals surface area contributed by atoms with E-state index in [2.05, 4.69) is 260 Å². The Hall–Kier alpha value is -7.16. The monoisotopic (exact) mass is 854 g/mol. The van der Waals surface area contributed by atoms with Crippen LogP contribution in [0.1, 0.15) is 79.0 Å². The lowest BCUT2D eigenvalue weighted by Crippen LogP contribution is -2.16. The van der Waals surface area contributed by atoms with E-state index in [1.165, 1.54) is 98.8 Å². The second-order valence-electron chi connectivity index (χ2n) is 21.5. The van der Waals surface area contributed by atoms with Crippen LogP contribution in [-0.4, -0.2) is 4.57 Å². The Balaban J connectivity index is 1.22. The van der Waals surface area contributed by atoms with E-state index in [0.29, 0.717) is 0 Å². The predicted octanol–water partition coefficient (Wildman–Crippen LogP) is 18.4. The third-order valence-corrected chi connectivity index (χ3v) is 14.0. The van der Waals surface area contributed by atoms with Gasteiger partial charge in [-0.25, -0.2) is 0 Å². The lowest BCUT2D eigenvalue weighted by Gasteiger charge is -2.33. The van der Waals surface area contributed by atoms with Crippen molar-refractivity contribution in [3.05, 3.63) is 205 Å². The molecule has 1 aromatic heterocycles. The number of para-hydroxylation sites is 1. The van der Waals surface area contributed by atoms with Crippen molar-refractivity contribution in [1.82, 2.24) is 4.57 Å². The first-order valence-corrected chi connectivity index (χ1v) is 23.6. The lowest BCUT2D eigenvalue weighted by atomic mass is 9.85. The van der Waals surface area contributed by atoms with Crippen molar-refractivity contribution in [2.75, 3.05) is 4.90 Å². The largest absolute Gasteiger partial charge is 0.309 e. The summed E-state index contributed by atoms with van der Waals surface area (Å²) < 4.78 is 2.53. The quantitative estimate of drug-likeness (QED) is 0.151. The zero-order valence-corrected chi connectivity index (χ0v) is 39.8. The minimum Gasteiger partial charge on any atom is -0.309 e. The number of aromatic nitrogens is 1. The van der Waals surface area contributed by atoms with Crippen LogP contribution in [0.15, 0.2) is 188 Å². The fourth-order valence-corrected chi connectivity index (χ4v) is 10.3. The van der Waals surface area contributed by atoms with Gasteiger partial charge in [-0.15, -0.1) is 0 Å². The SMILES string of the molecule is CC(C)(C)c1ccc(-c2ccccc2)c(N(c2ccccc2-c2ccccc2)c2ccc3ccc4c(-n5c6ccc(C(C)(C)C)cc6c6cc(C(C)(C)C)ccc65)ccc5ccc2c3c54)c1. The average Bonchev–Trinajstić information content (AvgIpc) is 3.64. The maximum atomic E-state index is 2.55. The van der Waals surface area contributed by atoms with Crippen LogP contribution in [0.25, 0.3) is 82.1 Å². The molecule has 0 N–H and O–H groups in total. The standard InChI is InChI=1S/C64H58N2/c1-62(2,3)45-29-36-57-52(38-45)53-39-46(63(4,5)6)30-37-58(53)65(57)55-34-26-43-25-32-51-56(35-27-44-24-31-50(55)60(43)61(44)51)66(54-23-17-16-22-48(54)41-18-12-10-13-19-41)59-40-47(64(7,8)9)28-33-49(59)42-20-14-11-15-21-42/h10-40H,1-9H3. The van der Waals surface area contributed by atoms with Crippen LogP contribution in [0, 0.1) is 0 Å². The molecular formula is C64H58N2. The maximum absolute atomic E-state index is 2.55. The highest BCUT2D eigenvalue weighted by molar-refractivity contribution is 6.28. The molecule has 0 spiro atoms. The van der Waals surface area contributed by atoms with Gasteiger partial charge in [0, 0.05) is 32.7 Å². The van der Waals surface area contributed by atoms with E-state index in [9.17, 15) is 0 Å². The molecule has 0 aliphatic carbocycles. The van der Waals surface area contributed by atoms with E-state index in [0.717, 1.165) is 17.1 Å². The van der Waals surface area contributed by atoms with Gasteiger partial charge in [0.1, 0.15) is 0 Å². The van der Waals surface area contributed by atoms with Crippen LogP contribution < -0.4 is 4.90 Å². The fourth-order valence-electron chi connectivity index (χ4n) is 10.3. The molecule has 11 rings (SSSR count). The van der Waals surface area contributed by atoms with Gasteiger partial charge in [0.15, 0.2) is 0 Å². The van der Waals surface area contributed by atoms with Gasteiger partial charge in [0.05, 0.1) is 33.8 Å². The summed E-state index contributed by atoms with van der Waals surface area (Å²) in [4.78, 5) is 2.55. The van der Waals surface area contributed by atoms with Crippen LogP contribution in [0.4, 0.5) is 17.1 Å². The van der Waals surface area contributed by atoms with Crippen LogP contribution in [0.5, 0.6) is 0 Å². The van der Waals surface area contributed by atoms with Crippen molar-refractivity contribution in [2.45, 2.75) is 78.6 Å². The van der Waals surface area contributed by atoms with Crippen LogP contribution >= 0.6 is 0 Å². The van der Waals surface area contributed by atoms with Gasteiger partial charge in [-0.2, -0.15) is 0 Å². The van der Waals surface area contributed by atoms with Gasteiger partial charge >= 0.3 is 0 Å². The summed E-state index contributed by atoms with van der Waals surface area (Å²) in [5.41, 5.74) is 15.8. The smallest absolute Gasteiger partial charge is 0.0543 e. The number of rotatable bonds is 6. The van der Waals surface area contributed by atoms with Crippen LogP contribution in [-0.2, 0) is 16.2 Å². The Morgan fingerprint density at radius 1 is 0.333 bits per heavy atom. The van der Waals surface area contributed by atoms with Crippen molar-refractivity contribution in [2.24, 2.45) is 0 Å². The molecule has 0 fully saturated rings. The van der Waals surface area contributed by atoms with Crippen molar-refractivity contribution < 1.29 is 0 Å². The Bertz CT molecular complexity index is 3550. The highest BCUT2D eigenvalue weighted by Crippen LogP contribution is 2.50. The molecule has 0 saturated heterocycles. The highest BCUT2D eigenvalue weighted by Gasteiger charge is 2.27. The zero-order chi connectivity index (χ0) is 45.7. The van der Waals surface area contributed by atoms with Crippen molar-refractivity contribution in [1.29, 1.82) is 0 Å². The number of hydrogen-bond acceptors (Lipinski definition) is 1. The van der Waals surface area contributed by atoms with Crippen molar-refractivity contribution >= 4 is 71.2 Å². The third kappa shape index (κ3) is 6.85. The summed E-state index contributed by atoms with van der Waals surface area (Å²) in [7, 11) is 0. The third-order valence-electron chi connectivity index (χ3n) is 14.0. The first kappa shape index (κ1) is 41.5. The van der Waals surface area contributed by atoms with Gasteiger partial charge in [-0.3, -0.25) is 0 Å². The van der Waals surface area contributed by atoms with E-state index >= 15 is 0 Å². The Kier molecular flexibility index (Phi) is 9.57. The average molecular weight is 855 g/mol. The molecule has 66 heavy (non-hydrogen) atoms. The molecule has 1 heterocycles. The van der Waals surface area contributed by atoms with E-state index in [-0.39, 0.29) is 16.2 Å². The number of hydrogen-bond donors (Lipinski definition) is 0. The molecule has 0 aliphatic heterocycles. The number of benzene rings is 10. The van der Waals surface area contributed by atoms with Gasteiger partial charge in [-0.05, 0) is 114 Å². The van der Waals surface area contributed by atoms with Crippen LogP contribution in [0.3, 0.4) is 0 Å². The Labute approximate surface area is 390 Å². The molecule has 0 bridgehead atoms. The molecule has 0 unspecified atom stereocenters. The Morgan fingerprint density at radius 3 is 1.36 bits per heavy atom. The molecule has 11 aromatic rings. The summed E-state index contributed by atoms with van der Waals surface area (Å²) in [6.07, 6.45) is 0. The second kappa shape index (κ2) is 15.2. The second-order valence-corrected chi connectivity index (χ2v) is 21.5. The molecule has 0 saturated carbocycles. The molecule has 2 nitrogen and oxygen atoms in total. The summed E-state index contributed by atoms with van der Waals surface area (Å²) in [5.74, 6) is 0. The van der Waals surface area contributed by atoms with E-state index in [1.54, 1.807) is 0 Å². The van der Waals surface area contributed by atoms with E-state index < -0.39 is 0 Å². The normalized spacial score (nSPS) is 12.6. The molecule has 0 atom stereocenters. The fraction of sp³-hybridized carbons (Fsp3) is 0.188.